The highest BCUT2D eigenvalue weighted by Crippen LogP contribution is 2.29. The molecule has 1 fully saturated rings. The molecule has 1 unspecified atom stereocenters. The first-order chi connectivity index (χ1) is 13.1. The summed E-state index contributed by atoms with van der Waals surface area (Å²) in [6.45, 7) is 2.63. The maximum Gasteiger partial charge on any atom is 0.289 e. The normalized spacial score (nSPS) is 17.3. The van der Waals surface area contributed by atoms with Crippen LogP contribution in [-0.4, -0.2) is 34.7 Å². The molecular weight excluding hydrogens is 347 g/mol. The van der Waals surface area contributed by atoms with Gasteiger partial charge in [0.1, 0.15) is 0 Å². The molecule has 0 bridgehead atoms. The molecule has 1 atom stereocenters. The molecule has 0 aliphatic carbocycles. The molecule has 1 aromatic carbocycles. The van der Waals surface area contributed by atoms with Gasteiger partial charge in [0, 0.05) is 47.9 Å². The van der Waals surface area contributed by atoms with Crippen molar-refractivity contribution in [3.05, 3.63) is 65.4 Å². The SMILES string of the molecule is Cc1c(C(=O)N2CCCC(C(=O)c3cccnc3)C2)oc2c(F)cccc12. The van der Waals surface area contributed by atoms with Gasteiger partial charge in [0.25, 0.3) is 5.91 Å². The monoisotopic (exact) mass is 366 g/mol. The summed E-state index contributed by atoms with van der Waals surface area (Å²) in [5.74, 6) is -0.921. The molecule has 0 N–H and O–H groups in total. The number of hydrogen-bond donors (Lipinski definition) is 0. The number of aryl methyl sites for hydroxylation is 1. The Bertz CT molecular complexity index is 1010. The van der Waals surface area contributed by atoms with Crippen molar-refractivity contribution in [1.82, 2.24) is 9.88 Å². The van der Waals surface area contributed by atoms with Crippen molar-refractivity contribution >= 4 is 22.7 Å². The van der Waals surface area contributed by atoms with Crippen LogP contribution in [0.25, 0.3) is 11.0 Å². The number of likely N-dealkylation sites (tertiary alicyclic amines) is 1. The van der Waals surface area contributed by atoms with Crippen molar-refractivity contribution in [1.29, 1.82) is 0 Å². The third kappa shape index (κ3) is 3.12. The van der Waals surface area contributed by atoms with E-state index in [2.05, 4.69) is 4.98 Å². The van der Waals surface area contributed by atoms with E-state index in [4.69, 9.17) is 4.42 Å². The number of pyridine rings is 1. The van der Waals surface area contributed by atoms with E-state index < -0.39 is 5.82 Å². The van der Waals surface area contributed by atoms with Gasteiger partial charge >= 0.3 is 0 Å². The Morgan fingerprint density at radius 2 is 2.11 bits per heavy atom. The number of piperidine rings is 1. The Labute approximate surface area is 155 Å². The van der Waals surface area contributed by atoms with Crippen molar-refractivity contribution in [2.45, 2.75) is 19.8 Å². The lowest BCUT2D eigenvalue weighted by molar-refractivity contribution is 0.0611. The number of halogens is 1. The van der Waals surface area contributed by atoms with E-state index >= 15 is 0 Å². The van der Waals surface area contributed by atoms with Crippen LogP contribution in [0.4, 0.5) is 4.39 Å². The molecular formula is C21H19FN2O3. The number of amides is 1. The van der Waals surface area contributed by atoms with Crippen molar-refractivity contribution < 1.29 is 18.4 Å². The van der Waals surface area contributed by atoms with Gasteiger partial charge in [-0.1, -0.05) is 12.1 Å². The zero-order valence-electron chi connectivity index (χ0n) is 14.9. The topological polar surface area (TPSA) is 63.4 Å². The molecule has 0 spiro atoms. The van der Waals surface area contributed by atoms with Crippen LogP contribution in [-0.2, 0) is 0 Å². The number of aromatic nitrogens is 1. The first-order valence-corrected chi connectivity index (χ1v) is 8.97. The number of hydrogen-bond acceptors (Lipinski definition) is 4. The first-order valence-electron chi connectivity index (χ1n) is 8.97. The molecule has 1 amide bonds. The van der Waals surface area contributed by atoms with E-state index in [1.807, 2.05) is 0 Å². The molecule has 3 heterocycles. The highest BCUT2D eigenvalue weighted by Gasteiger charge is 2.32. The molecule has 1 aliphatic heterocycles. The number of Topliss-reactive ketones (excluding diaryl/α,β-unsaturated/α-hetero) is 1. The van der Waals surface area contributed by atoms with Gasteiger partial charge < -0.3 is 9.32 Å². The quantitative estimate of drug-likeness (QED) is 0.657. The third-order valence-electron chi connectivity index (χ3n) is 5.14. The molecule has 0 radical (unpaired) electrons. The smallest absolute Gasteiger partial charge is 0.289 e. The predicted octanol–water partition coefficient (Wildman–Crippen LogP) is 4.01. The standard InChI is InChI=1S/C21H19FN2O3/c1-13-16-7-2-8-17(22)20(16)27-19(13)21(26)24-10-4-6-15(12-24)18(25)14-5-3-9-23-11-14/h2-3,5,7-9,11,15H,4,6,10,12H2,1H3. The Balaban J connectivity index is 1.58. The van der Waals surface area contributed by atoms with Crippen molar-refractivity contribution in [3.63, 3.8) is 0 Å². The maximum absolute atomic E-state index is 14.0. The fourth-order valence-electron chi connectivity index (χ4n) is 3.68. The molecule has 27 heavy (non-hydrogen) atoms. The summed E-state index contributed by atoms with van der Waals surface area (Å²) in [4.78, 5) is 31.3. The number of rotatable bonds is 3. The molecule has 2 aromatic heterocycles. The van der Waals surface area contributed by atoms with E-state index in [1.165, 1.54) is 6.07 Å². The van der Waals surface area contributed by atoms with Gasteiger partial charge in [0.15, 0.2) is 22.9 Å². The number of furan rings is 1. The summed E-state index contributed by atoms with van der Waals surface area (Å²) < 4.78 is 19.5. The Morgan fingerprint density at radius 3 is 2.85 bits per heavy atom. The molecule has 0 saturated carbocycles. The minimum atomic E-state index is -0.488. The van der Waals surface area contributed by atoms with E-state index in [9.17, 15) is 14.0 Å². The average Bonchev–Trinajstić information content (AvgIpc) is 3.06. The summed E-state index contributed by atoms with van der Waals surface area (Å²) in [6.07, 6.45) is 4.63. The van der Waals surface area contributed by atoms with Crippen LogP contribution in [0.1, 0.15) is 39.3 Å². The predicted molar refractivity (Wildman–Crippen MR) is 98.1 cm³/mol. The van der Waals surface area contributed by atoms with Crippen LogP contribution in [0.15, 0.2) is 47.1 Å². The number of nitrogens with zero attached hydrogens (tertiary/aromatic N) is 2. The maximum atomic E-state index is 14.0. The lowest BCUT2D eigenvalue weighted by Gasteiger charge is -2.31. The largest absolute Gasteiger partial charge is 0.448 e. The van der Waals surface area contributed by atoms with E-state index in [0.29, 0.717) is 29.6 Å². The Morgan fingerprint density at radius 1 is 1.26 bits per heavy atom. The second kappa shape index (κ2) is 6.95. The van der Waals surface area contributed by atoms with Gasteiger partial charge in [0.05, 0.1) is 0 Å². The van der Waals surface area contributed by atoms with Crippen molar-refractivity contribution in [3.8, 4) is 0 Å². The summed E-state index contributed by atoms with van der Waals surface area (Å²) in [6, 6.07) is 8.10. The van der Waals surface area contributed by atoms with Crippen molar-refractivity contribution in [2.24, 2.45) is 5.92 Å². The van der Waals surface area contributed by atoms with Gasteiger partial charge in [-0.25, -0.2) is 4.39 Å². The van der Waals surface area contributed by atoms with Crippen LogP contribution in [0.5, 0.6) is 0 Å². The molecule has 4 rings (SSSR count). The highest BCUT2D eigenvalue weighted by atomic mass is 19.1. The minimum absolute atomic E-state index is 0.00651. The minimum Gasteiger partial charge on any atom is -0.448 e. The van der Waals surface area contributed by atoms with Crippen LogP contribution < -0.4 is 0 Å². The number of carbonyl (C=O) groups excluding carboxylic acids is 2. The number of ketones is 1. The molecule has 138 valence electrons. The first kappa shape index (κ1) is 17.4. The average molecular weight is 366 g/mol. The molecule has 1 aliphatic rings. The lowest BCUT2D eigenvalue weighted by Crippen LogP contribution is -2.42. The van der Waals surface area contributed by atoms with E-state index in [0.717, 1.165) is 12.8 Å². The number of carbonyl (C=O) groups is 2. The number of fused-ring (bicyclic) bond motifs is 1. The molecule has 5 nitrogen and oxygen atoms in total. The second-order valence-corrected chi connectivity index (χ2v) is 6.87. The Hall–Kier alpha value is -3.02. The third-order valence-corrected chi connectivity index (χ3v) is 5.14. The molecule has 1 saturated heterocycles. The van der Waals surface area contributed by atoms with Crippen LogP contribution in [0.3, 0.4) is 0 Å². The van der Waals surface area contributed by atoms with Gasteiger partial charge in [-0.05, 0) is 38.0 Å². The Kier molecular flexibility index (Phi) is 4.48. The van der Waals surface area contributed by atoms with Crippen molar-refractivity contribution in [2.75, 3.05) is 13.1 Å². The summed E-state index contributed by atoms with van der Waals surface area (Å²) in [7, 11) is 0. The number of para-hydroxylation sites is 1. The zero-order valence-corrected chi connectivity index (χ0v) is 14.9. The summed E-state index contributed by atoms with van der Waals surface area (Å²) in [5, 5.41) is 0.596. The van der Waals surface area contributed by atoms with Crippen LogP contribution >= 0.6 is 0 Å². The second-order valence-electron chi connectivity index (χ2n) is 6.87. The highest BCUT2D eigenvalue weighted by molar-refractivity contribution is 6.00. The lowest BCUT2D eigenvalue weighted by atomic mass is 9.90. The molecule has 6 heteroatoms. The summed E-state index contributed by atoms with van der Waals surface area (Å²) in [5.41, 5.74) is 1.27. The van der Waals surface area contributed by atoms with Crippen LogP contribution in [0.2, 0.25) is 0 Å². The van der Waals surface area contributed by atoms with Gasteiger partial charge in [0.2, 0.25) is 0 Å². The van der Waals surface area contributed by atoms with Gasteiger partial charge in [-0.15, -0.1) is 0 Å². The fourth-order valence-corrected chi connectivity index (χ4v) is 3.68. The fraction of sp³-hybridized carbons (Fsp3) is 0.286. The number of benzene rings is 1. The molecule has 3 aromatic rings. The zero-order chi connectivity index (χ0) is 19.0. The van der Waals surface area contributed by atoms with Gasteiger partial charge in [-0.2, -0.15) is 0 Å². The van der Waals surface area contributed by atoms with Crippen LogP contribution in [0, 0.1) is 18.7 Å². The van der Waals surface area contributed by atoms with E-state index in [-0.39, 0.29) is 29.0 Å². The summed E-state index contributed by atoms with van der Waals surface area (Å²) >= 11 is 0. The van der Waals surface area contributed by atoms with Gasteiger partial charge in [-0.3, -0.25) is 14.6 Å². The van der Waals surface area contributed by atoms with E-state index in [1.54, 1.807) is 48.5 Å².